The molecule has 0 amide bonds. The first-order chi connectivity index (χ1) is 12.8. The molecule has 27 heavy (non-hydrogen) atoms. The summed E-state index contributed by atoms with van der Waals surface area (Å²) in [4.78, 5) is 16.1. The summed E-state index contributed by atoms with van der Waals surface area (Å²) in [6.07, 6.45) is 13.6. The molecule has 0 fully saturated rings. The van der Waals surface area contributed by atoms with E-state index in [0.717, 1.165) is 12.8 Å². The smallest absolute Gasteiger partial charge is 0.394 e. The van der Waals surface area contributed by atoms with Gasteiger partial charge in [0, 0.05) is 0 Å². The molecule has 0 bridgehead atoms. The molecule has 0 aromatic heterocycles. The molecule has 0 aromatic carbocycles. The summed E-state index contributed by atoms with van der Waals surface area (Å²) < 4.78 is 13.8. The van der Waals surface area contributed by atoms with Crippen molar-refractivity contribution < 1.29 is 39.3 Å². The molecule has 0 aromatic rings. The fraction of sp³-hybridized carbons (Fsp3) is 1.00. The molecule has 6 N–H and O–H groups in total. The van der Waals surface area contributed by atoms with Gasteiger partial charge in [-0.15, -0.1) is 0 Å². The van der Waals surface area contributed by atoms with Crippen LogP contribution in [-0.4, -0.2) is 62.2 Å². The molecular formula is C18H41O8P. The quantitative estimate of drug-likeness (QED) is 0.156. The zero-order chi connectivity index (χ0) is 21.0. The van der Waals surface area contributed by atoms with Crippen LogP contribution in [0.25, 0.3) is 0 Å². The first kappa shape index (κ1) is 29.2. The highest BCUT2D eigenvalue weighted by molar-refractivity contribution is 7.46. The summed E-state index contributed by atoms with van der Waals surface area (Å²) in [6.45, 7) is 1.02. The maximum atomic E-state index is 9.93. The molecule has 0 radical (unpaired) electrons. The molecule has 8 nitrogen and oxygen atoms in total. The van der Waals surface area contributed by atoms with Crippen LogP contribution in [0.4, 0.5) is 0 Å². The number of phosphoric acid groups is 1. The highest BCUT2D eigenvalue weighted by Gasteiger charge is 2.15. The number of phosphoric ester groups is 1. The van der Waals surface area contributed by atoms with Crippen LogP contribution < -0.4 is 0 Å². The van der Waals surface area contributed by atoms with E-state index < -0.39 is 33.2 Å². The van der Waals surface area contributed by atoms with E-state index in [1.165, 1.54) is 64.2 Å². The topological polar surface area (TPSA) is 148 Å². The summed E-state index contributed by atoms with van der Waals surface area (Å²) in [7, 11) is -4.50. The fourth-order valence-corrected chi connectivity index (χ4v) is 2.74. The molecule has 2 unspecified atom stereocenters. The van der Waals surface area contributed by atoms with E-state index in [1.54, 1.807) is 0 Å². The van der Waals surface area contributed by atoms with E-state index >= 15 is 0 Å². The third kappa shape index (κ3) is 28.3. The summed E-state index contributed by atoms with van der Waals surface area (Å²) in [5.41, 5.74) is 0. The number of hydrogen-bond acceptors (Lipinski definition) is 6. The molecule has 0 aliphatic heterocycles. The lowest BCUT2D eigenvalue weighted by atomic mass is 10.0. The summed E-state index contributed by atoms with van der Waals surface area (Å²) in [6, 6.07) is 0. The Hall–Kier alpha value is -0.0500. The Morgan fingerprint density at radius 3 is 1.52 bits per heavy atom. The number of hydrogen-bond donors (Lipinski definition) is 6. The molecule has 0 heterocycles. The van der Waals surface area contributed by atoms with Gasteiger partial charge in [-0.2, -0.15) is 0 Å². The molecule has 0 aliphatic rings. The van der Waals surface area contributed by atoms with Crippen molar-refractivity contribution in [2.45, 2.75) is 96.2 Å². The summed E-state index contributed by atoms with van der Waals surface area (Å²) >= 11 is 0. The number of unbranched alkanes of at least 4 members (excludes halogenated alkanes) is 10. The van der Waals surface area contributed by atoms with Gasteiger partial charge in [0.2, 0.25) is 0 Å². The SMILES string of the molecule is CCCCCCCCCCCCCC(O)CO.O=P(O)(O)OCC(O)CO. The second-order valence-corrected chi connectivity index (χ2v) is 8.02. The Morgan fingerprint density at radius 1 is 0.741 bits per heavy atom. The Kier molecular flexibility index (Phi) is 22.3. The monoisotopic (exact) mass is 416 g/mol. The van der Waals surface area contributed by atoms with Gasteiger partial charge in [-0.05, 0) is 6.42 Å². The maximum absolute atomic E-state index is 9.93. The van der Waals surface area contributed by atoms with Gasteiger partial charge in [0.25, 0.3) is 0 Å². The standard InChI is InChI=1S/C15H32O2.C3H9O6P/c1-2-3-4-5-6-7-8-9-10-11-12-13-15(17)14-16;4-1-3(5)2-9-10(6,7)8/h15-17H,2-14H2,1H3;3-5H,1-2H2,(H2,6,7,8). The average Bonchev–Trinajstić information content (AvgIpc) is 2.63. The Balaban J connectivity index is 0. The minimum absolute atomic E-state index is 0.0856. The van der Waals surface area contributed by atoms with Crippen LogP contribution in [0, 0.1) is 0 Å². The van der Waals surface area contributed by atoms with Crippen LogP contribution in [-0.2, 0) is 9.09 Å². The second kappa shape index (κ2) is 20.7. The third-order valence-corrected chi connectivity index (χ3v) is 4.48. The zero-order valence-corrected chi connectivity index (χ0v) is 17.6. The van der Waals surface area contributed by atoms with E-state index in [0.29, 0.717) is 0 Å². The van der Waals surface area contributed by atoms with Gasteiger partial charge in [0.1, 0.15) is 6.10 Å². The molecule has 0 rings (SSSR count). The molecular weight excluding hydrogens is 375 g/mol. The van der Waals surface area contributed by atoms with Crippen molar-refractivity contribution in [3.05, 3.63) is 0 Å². The third-order valence-electron chi connectivity index (χ3n) is 4.00. The Morgan fingerprint density at radius 2 is 1.15 bits per heavy atom. The first-order valence-electron chi connectivity index (χ1n) is 10.0. The van der Waals surface area contributed by atoms with Crippen molar-refractivity contribution in [3.8, 4) is 0 Å². The van der Waals surface area contributed by atoms with Gasteiger partial charge in [-0.25, -0.2) is 4.57 Å². The number of rotatable bonds is 17. The van der Waals surface area contributed by atoms with Gasteiger partial charge >= 0.3 is 7.82 Å². The molecule has 0 aliphatic carbocycles. The van der Waals surface area contributed by atoms with Crippen molar-refractivity contribution in [2.75, 3.05) is 19.8 Å². The van der Waals surface area contributed by atoms with E-state index in [1.807, 2.05) is 0 Å². The van der Waals surface area contributed by atoms with E-state index in [4.69, 9.17) is 30.2 Å². The van der Waals surface area contributed by atoms with Crippen molar-refractivity contribution >= 4 is 7.82 Å². The largest absolute Gasteiger partial charge is 0.469 e. The van der Waals surface area contributed by atoms with Crippen LogP contribution in [0.15, 0.2) is 0 Å². The van der Waals surface area contributed by atoms with Crippen LogP contribution in [0.2, 0.25) is 0 Å². The number of aliphatic hydroxyl groups is 4. The second-order valence-electron chi connectivity index (χ2n) is 6.78. The van der Waals surface area contributed by atoms with Crippen molar-refractivity contribution in [2.24, 2.45) is 0 Å². The molecule has 0 spiro atoms. The van der Waals surface area contributed by atoms with Gasteiger partial charge in [-0.1, -0.05) is 77.6 Å². The zero-order valence-electron chi connectivity index (χ0n) is 16.7. The highest BCUT2D eigenvalue weighted by atomic mass is 31.2. The van der Waals surface area contributed by atoms with Crippen molar-refractivity contribution in [1.29, 1.82) is 0 Å². The van der Waals surface area contributed by atoms with Gasteiger partial charge in [0.05, 0.1) is 25.9 Å². The first-order valence-corrected chi connectivity index (χ1v) is 11.6. The van der Waals surface area contributed by atoms with E-state index in [2.05, 4.69) is 11.4 Å². The fourth-order valence-electron chi connectivity index (χ4n) is 2.37. The minimum atomic E-state index is -4.50. The summed E-state index contributed by atoms with van der Waals surface area (Å²) in [5, 5.41) is 34.4. The van der Waals surface area contributed by atoms with Crippen LogP contribution in [0.3, 0.4) is 0 Å². The predicted molar refractivity (Wildman–Crippen MR) is 105 cm³/mol. The van der Waals surface area contributed by atoms with Gasteiger partial charge in [0.15, 0.2) is 0 Å². The highest BCUT2D eigenvalue weighted by Crippen LogP contribution is 2.35. The van der Waals surface area contributed by atoms with E-state index in [-0.39, 0.29) is 6.61 Å². The van der Waals surface area contributed by atoms with Crippen molar-refractivity contribution in [3.63, 3.8) is 0 Å². The lowest BCUT2D eigenvalue weighted by Crippen LogP contribution is -2.18. The predicted octanol–water partition coefficient (Wildman–Crippen LogP) is 2.49. The summed E-state index contributed by atoms with van der Waals surface area (Å²) in [5.74, 6) is 0. The van der Waals surface area contributed by atoms with Gasteiger partial charge < -0.3 is 30.2 Å². The van der Waals surface area contributed by atoms with Crippen LogP contribution in [0.5, 0.6) is 0 Å². The maximum Gasteiger partial charge on any atom is 0.469 e. The Bertz CT molecular complexity index is 337. The number of aliphatic hydroxyl groups excluding tert-OH is 4. The van der Waals surface area contributed by atoms with Crippen molar-refractivity contribution in [1.82, 2.24) is 0 Å². The lowest BCUT2D eigenvalue weighted by molar-refractivity contribution is 0.0419. The molecule has 166 valence electrons. The normalized spacial score (nSPS) is 13.7. The minimum Gasteiger partial charge on any atom is -0.394 e. The molecule has 9 heteroatoms. The van der Waals surface area contributed by atoms with Crippen LogP contribution >= 0.6 is 7.82 Å². The van der Waals surface area contributed by atoms with E-state index in [9.17, 15) is 4.57 Å². The Labute approximate surface area is 163 Å². The lowest BCUT2D eigenvalue weighted by Gasteiger charge is -2.07. The van der Waals surface area contributed by atoms with Gasteiger partial charge in [-0.3, -0.25) is 4.52 Å². The average molecular weight is 416 g/mol. The van der Waals surface area contributed by atoms with Crippen LogP contribution in [0.1, 0.15) is 84.0 Å². The molecule has 0 saturated heterocycles. The molecule has 0 saturated carbocycles. The molecule has 2 atom stereocenters.